The van der Waals surface area contributed by atoms with Crippen LogP contribution >= 0.6 is 0 Å². The van der Waals surface area contributed by atoms with Gasteiger partial charge < -0.3 is 10.6 Å². The number of piperidine rings is 1. The molecule has 1 aliphatic heterocycles. The Morgan fingerprint density at radius 2 is 2.33 bits per heavy atom. The quantitative estimate of drug-likeness (QED) is 0.748. The van der Waals surface area contributed by atoms with E-state index in [0.29, 0.717) is 31.1 Å². The summed E-state index contributed by atoms with van der Waals surface area (Å²) in [6, 6.07) is 1.84. The lowest BCUT2D eigenvalue weighted by Crippen LogP contribution is -2.40. The Morgan fingerprint density at radius 3 is 2.89 bits per heavy atom. The maximum atomic E-state index is 11.9. The van der Waals surface area contributed by atoms with Gasteiger partial charge in [0.15, 0.2) is 5.82 Å². The fourth-order valence-electron chi connectivity index (χ4n) is 1.88. The maximum absolute atomic E-state index is 11.9. The largest absolute Gasteiger partial charge is 0.355 e. The fourth-order valence-corrected chi connectivity index (χ4v) is 1.88. The molecule has 1 unspecified atom stereocenters. The highest BCUT2D eigenvalue weighted by atomic mass is 16.2. The molecule has 18 heavy (non-hydrogen) atoms. The summed E-state index contributed by atoms with van der Waals surface area (Å²) in [5.41, 5.74) is 0.988. The van der Waals surface area contributed by atoms with Gasteiger partial charge in [-0.2, -0.15) is 5.10 Å². The van der Waals surface area contributed by atoms with Crippen LogP contribution in [-0.2, 0) is 9.59 Å². The summed E-state index contributed by atoms with van der Waals surface area (Å²) in [6.07, 6.45) is 1.01. The summed E-state index contributed by atoms with van der Waals surface area (Å²) in [4.78, 5) is 22.9. The molecule has 6 nitrogen and oxygen atoms in total. The van der Waals surface area contributed by atoms with Crippen molar-refractivity contribution < 1.29 is 9.59 Å². The maximum Gasteiger partial charge on any atom is 0.230 e. The van der Waals surface area contributed by atoms with E-state index in [2.05, 4.69) is 34.7 Å². The van der Waals surface area contributed by atoms with E-state index in [1.165, 1.54) is 0 Å². The van der Waals surface area contributed by atoms with Gasteiger partial charge in [-0.05, 0) is 12.3 Å². The van der Waals surface area contributed by atoms with E-state index in [9.17, 15) is 9.59 Å². The Hall–Kier alpha value is -1.85. The molecule has 2 rings (SSSR count). The Bertz CT molecular complexity index is 443. The highest BCUT2D eigenvalue weighted by Gasteiger charge is 2.24. The van der Waals surface area contributed by atoms with Crippen LogP contribution in [-0.4, -0.2) is 28.6 Å². The lowest BCUT2D eigenvalue weighted by Gasteiger charge is -2.20. The van der Waals surface area contributed by atoms with Gasteiger partial charge in [-0.15, -0.1) is 0 Å². The molecule has 0 aliphatic carbocycles. The highest BCUT2D eigenvalue weighted by Crippen LogP contribution is 2.17. The number of hydrogen-bond acceptors (Lipinski definition) is 3. The third kappa shape index (κ3) is 2.88. The standard InChI is InChI=1S/C12H18N4O2/c1-7(2)9-5-10(16-15-9)14-12(18)8-3-4-11(17)13-6-8/h5,7-8H,3-4,6H2,1-2H3,(H,13,17)(H2,14,15,16,18). The molecule has 0 radical (unpaired) electrons. The van der Waals surface area contributed by atoms with Crippen molar-refractivity contribution in [2.24, 2.45) is 5.92 Å². The Balaban J connectivity index is 1.92. The molecule has 1 aliphatic rings. The predicted octanol–water partition coefficient (Wildman–Crippen LogP) is 0.998. The van der Waals surface area contributed by atoms with Crippen LogP contribution in [0.15, 0.2) is 6.07 Å². The number of carbonyl (C=O) groups excluding carboxylic acids is 2. The lowest BCUT2D eigenvalue weighted by atomic mass is 9.98. The summed E-state index contributed by atoms with van der Waals surface area (Å²) in [6.45, 7) is 4.51. The SMILES string of the molecule is CC(C)c1cc(NC(=O)C2CCC(=O)NC2)n[nH]1. The van der Waals surface area contributed by atoms with Gasteiger partial charge in [0.05, 0.1) is 5.92 Å². The first-order chi connectivity index (χ1) is 8.56. The summed E-state index contributed by atoms with van der Waals surface area (Å²) in [5, 5.41) is 12.4. The number of amides is 2. The molecule has 1 fully saturated rings. The van der Waals surface area contributed by atoms with Crippen molar-refractivity contribution in [2.45, 2.75) is 32.6 Å². The second-order valence-corrected chi connectivity index (χ2v) is 4.89. The molecule has 1 saturated heterocycles. The van der Waals surface area contributed by atoms with E-state index in [1.807, 2.05) is 6.07 Å². The van der Waals surface area contributed by atoms with Gasteiger partial charge >= 0.3 is 0 Å². The molecule has 3 N–H and O–H groups in total. The molecule has 6 heteroatoms. The van der Waals surface area contributed by atoms with E-state index < -0.39 is 0 Å². The van der Waals surface area contributed by atoms with E-state index in [1.54, 1.807) is 0 Å². The first-order valence-corrected chi connectivity index (χ1v) is 6.19. The number of nitrogens with one attached hydrogen (secondary N) is 3. The normalized spacial score (nSPS) is 19.7. The molecule has 2 amide bonds. The van der Waals surface area contributed by atoms with Crippen molar-refractivity contribution >= 4 is 17.6 Å². The number of aromatic amines is 1. The van der Waals surface area contributed by atoms with Gasteiger partial charge in [-0.25, -0.2) is 0 Å². The second kappa shape index (κ2) is 5.20. The van der Waals surface area contributed by atoms with Crippen molar-refractivity contribution in [1.82, 2.24) is 15.5 Å². The van der Waals surface area contributed by atoms with Crippen LogP contribution in [0.4, 0.5) is 5.82 Å². The molecular weight excluding hydrogens is 232 g/mol. The van der Waals surface area contributed by atoms with Crippen LogP contribution in [0.2, 0.25) is 0 Å². The summed E-state index contributed by atoms with van der Waals surface area (Å²) < 4.78 is 0. The van der Waals surface area contributed by atoms with E-state index in [-0.39, 0.29) is 17.7 Å². The minimum absolute atomic E-state index is 0.0147. The van der Waals surface area contributed by atoms with Crippen molar-refractivity contribution in [3.63, 3.8) is 0 Å². The summed E-state index contributed by atoms with van der Waals surface area (Å²) >= 11 is 0. The number of carbonyl (C=O) groups is 2. The molecular formula is C12H18N4O2. The van der Waals surface area contributed by atoms with Gasteiger partial charge in [0, 0.05) is 24.7 Å². The van der Waals surface area contributed by atoms with Crippen LogP contribution in [0.25, 0.3) is 0 Å². The Labute approximate surface area is 106 Å². The lowest BCUT2D eigenvalue weighted by molar-refractivity contribution is -0.126. The first kappa shape index (κ1) is 12.6. The van der Waals surface area contributed by atoms with Crippen LogP contribution < -0.4 is 10.6 Å². The Kier molecular flexibility index (Phi) is 3.64. The minimum Gasteiger partial charge on any atom is -0.355 e. The smallest absolute Gasteiger partial charge is 0.230 e. The fraction of sp³-hybridized carbons (Fsp3) is 0.583. The average Bonchev–Trinajstić information content (AvgIpc) is 2.78. The zero-order valence-electron chi connectivity index (χ0n) is 10.6. The van der Waals surface area contributed by atoms with Gasteiger partial charge in [0.25, 0.3) is 0 Å². The van der Waals surface area contributed by atoms with E-state index in [4.69, 9.17) is 0 Å². The van der Waals surface area contributed by atoms with Crippen LogP contribution in [0.1, 0.15) is 38.3 Å². The molecule has 2 heterocycles. The number of hydrogen-bond donors (Lipinski definition) is 3. The van der Waals surface area contributed by atoms with Gasteiger partial charge in [0.2, 0.25) is 11.8 Å². The van der Waals surface area contributed by atoms with E-state index in [0.717, 1.165) is 5.69 Å². The predicted molar refractivity (Wildman–Crippen MR) is 67.0 cm³/mol. The molecule has 1 aromatic heterocycles. The number of rotatable bonds is 3. The van der Waals surface area contributed by atoms with Crippen LogP contribution in [0.3, 0.4) is 0 Å². The highest BCUT2D eigenvalue weighted by molar-refractivity contribution is 5.93. The number of anilines is 1. The molecule has 1 atom stereocenters. The average molecular weight is 250 g/mol. The second-order valence-electron chi connectivity index (χ2n) is 4.89. The van der Waals surface area contributed by atoms with Crippen LogP contribution in [0.5, 0.6) is 0 Å². The van der Waals surface area contributed by atoms with Gasteiger partial charge in [0.1, 0.15) is 0 Å². The number of aromatic nitrogens is 2. The topological polar surface area (TPSA) is 86.9 Å². The van der Waals surface area contributed by atoms with E-state index >= 15 is 0 Å². The van der Waals surface area contributed by atoms with Crippen LogP contribution in [0, 0.1) is 5.92 Å². The van der Waals surface area contributed by atoms with Crippen molar-refractivity contribution in [3.05, 3.63) is 11.8 Å². The molecule has 98 valence electrons. The molecule has 0 saturated carbocycles. The van der Waals surface area contributed by atoms with Crippen molar-refractivity contribution in [1.29, 1.82) is 0 Å². The monoisotopic (exact) mass is 250 g/mol. The molecule has 0 spiro atoms. The molecule has 1 aromatic rings. The third-order valence-electron chi connectivity index (χ3n) is 3.11. The van der Waals surface area contributed by atoms with Crippen molar-refractivity contribution in [2.75, 3.05) is 11.9 Å². The number of nitrogens with zero attached hydrogens (tertiary/aromatic N) is 1. The minimum atomic E-state index is -0.165. The van der Waals surface area contributed by atoms with Crippen molar-refractivity contribution in [3.8, 4) is 0 Å². The first-order valence-electron chi connectivity index (χ1n) is 6.19. The Morgan fingerprint density at radius 1 is 1.56 bits per heavy atom. The summed E-state index contributed by atoms with van der Waals surface area (Å²) in [7, 11) is 0. The van der Waals surface area contributed by atoms with Gasteiger partial charge in [-0.1, -0.05) is 13.8 Å². The zero-order valence-corrected chi connectivity index (χ0v) is 10.6. The summed E-state index contributed by atoms with van der Waals surface area (Å²) in [5.74, 6) is 0.650. The molecule has 0 bridgehead atoms. The third-order valence-corrected chi connectivity index (χ3v) is 3.11. The number of H-pyrrole nitrogens is 1. The van der Waals surface area contributed by atoms with Gasteiger partial charge in [-0.3, -0.25) is 14.7 Å². The zero-order chi connectivity index (χ0) is 13.1. The molecule has 0 aromatic carbocycles.